The van der Waals surface area contributed by atoms with E-state index in [9.17, 15) is 18.0 Å². The monoisotopic (exact) mass is 686 g/mol. The topological polar surface area (TPSA) is 127 Å². The summed E-state index contributed by atoms with van der Waals surface area (Å²) in [6, 6.07) is 13.2. The molecular weight excluding hydrogens is 647 g/mol. The van der Waals surface area contributed by atoms with Crippen LogP contribution in [0.3, 0.4) is 0 Å². The first-order chi connectivity index (χ1) is 22.5. The van der Waals surface area contributed by atoms with Crippen LogP contribution in [-0.2, 0) is 32.4 Å². The lowest BCUT2D eigenvalue weighted by Crippen LogP contribution is -2.59. The van der Waals surface area contributed by atoms with Crippen LogP contribution >= 0.6 is 11.6 Å². The Morgan fingerprint density at radius 3 is 2.45 bits per heavy atom. The molecule has 2 aliphatic rings. The molecule has 252 valence electrons. The fourth-order valence-corrected chi connectivity index (χ4v) is 8.74. The minimum atomic E-state index is -3.45. The van der Waals surface area contributed by atoms with Gasteiger partial charge < -0.3 is 20.1 Å². The van der Waals surface area contributed by atoms with E-state index >= 15 is 4.39 Å². The number of nitrogens with one attached hydrogen (secondary N) is 2. The van der Waals surface area contributed by atoms with E-state index in [0.29, 0.717) is 65.5 Å². The number of amides is 1. The molecular formula is C34H40ClFN4O6S. The molecule has 2 N–H and O–H groups in total. The first-order valence-corrected chi connectivity index (χ1v) is 17.5. The lowest BCUT2D eigenvalue weighted by molar-refractivity contribution is -0.120. The number of sulfonamides is 1. The molecule has 2 heterocycles. The summed E-state index contributed by atoms with van der Waals surface area (Å²) in [5.41, 5.74) is 2.11. The normalized spacial score (nSPS) is 19.9. The third kappa shape index (κ3) is 8.11. The number of rotatable bonds is 13. The first-order valence-electron chi connectivity index (χ1n) is 15.6. The summed E-state index contributed by atoms with van der Waals surface area (Å²) in [4.78, 5) is 31.2. The lowest BCUT2D eigenvalue weighted by Gasteiger charge is -2.40. The Labute approximate surface area is 280 Å². The zero-order chi connectivity index (χ0) is 33.7. The van der Waals surface area contributed by atoms with Gasteiger partial charge in [-0.2, -0.15) is 4.31 Å². The molecule has 2 fully saturated rings. The van der Waals surface area contributed by atoms with Crippen molar-refractivity contribution in [2.45, 2.75) is 68.3 Å². The molecule has 1 aliphatic carbocycles. The molecule has 3 aromatic rings. The predicted molar refractivity (Wildman–Crippen MR) is 177 cm³/mol. The van der Waals surface area contributed by atoms with E-state index in [1.807, 2.05) is 6.92 Å². The molecule has 47 heavy (non-hydrogen) atoms. The molecule has 4 atom stereocenters. The number of carbonyl (C=O) groups is 2. The van der Waals surface area contributed by atoms with Gasteiger partial charge in [0, 0.05) is 54.8 Å². The van der Waals surface area contributed by atoms with Crippen molar-refractivity contribution in [3.8, 4) is 5.88 Å². The molecule has 1 aromatic heterocycles. The molecule has 1 saturated carbocycles. The number of ether oxygens (including phenoxy) is 2. The summed E-state index contributed by atoms with van der Waals surface area (Å²) in [5.74, 6) is -1.19. The summed E-state index contributed by atoms with van der Waals surface area (Å²) < 4.78 is 53.8. The number of benzene rings is 2. The van der Waals surface area contributed by atoms with Gasteiger partial charge in [0.1, 0.15) is 11.9 Å². The molecule has 10 nitrogen and oxygen atoms in total. The minimum absolute atomic E-state index is 0.196. The summed E-state index contributed by atoms with van der Waals surface area (Å²) in [6.45, 7) is 2.90. The maximum absolute atomic E-state index is 15.5. The van der Waals surface area contributed by atoms with Gasteiger partial charge in [0.15, 0.2) is 5.78 Å². The smallest absolute Gasteiger partial charge is 0.407 e. The molecule has 0 unspecified atom stereocenters. The van der Waals surface area contributed by atoms with Crippen LogP contribution in [0, 0.1) is 5.82 Å². The van der Waals surface area contributed by atoms with Crippen molar-refractivity contribution in [1.29, 1.82) is 0 Å². The van der Waals surface area contributed by atoms with Crippen LogP contribution in [0.5, 0.6) is 5.88 Å². The van der Waals surface area contributed by atoms with E-state index in [2.05, 4.69) is 15.6 Å². The van der Waals surface area contributed by atoms with Gasteiger partial charge in [-0.3, -0.25) is 4.79 Å². The third-order valence-corrected chi connectivity index (χ3v) is 11.7. The van der Waals surface area contributed by atoms with Gasteiger partial charge >= 0.3 is 6.09 Å². The van der Waals surface area contributed by atoms with Crippen LogP contribution < -0.4 is 15.4 Å². The molecule has 13 heteroatoms. The Bertz CT molecular complexity index is 1670. The molecule has 1 saturated heterocycles. The Morgan fingerprint density at radius 1 is 1.09 bits per heavy atom. The Kier molecular flexibility index (Phi) is 11.2. The predicted octanol–water partition coefficient (Wildman–Crippen LogP) is 4.64. The Hall–Kier alpha value is -3.58. The lowest BCUT2D eigenvalue weighted by atomic mass is 9.82. The number of methoxy groups -OCH3 is 2. The molecule has 1 amide bonds. The largest absolute Gasteiger partial charge is 0.481 e. The number of aromatic nitrogens is 1. The molecule has 0 bridgehead atoms. The van der Waals surface area contributed by atoms with E-state index < -0.39 is 33.9 Å². The standard InChI is InChI=1S/C34H40ClFN4O6S/c1-21-18-37-20-26(40(21)47(43,44)27-13-14-27)12-15-28-23(5-4-6-29(28)36)17-30(41)33(39-34(42)46-3)32(22-7-10-25(35)11-8-22)24-9-16-31(45-2)38-19-24/h4-11,16,19,21,26-27,32-33,37H,12-15,17-18,20H2,1-3H3,(H,39,42)/t21-,26-,32-,33+/m0/s1. The quantitative estimate of drug-likeness (QED) is 0.267. The fraction of sp³-hybridized carbons (Fsp3) is 0.441. The average molecular weight is 687 g/mol. The van der Waals surface area contributed by atoms with Crippen molar-refractivity contribution < 1.29 is 31.9 Å². The van der Waals surface area contributed by atoms with Crippen LogP contribution in [0.1, 0.15) is 54.4 Å². The highest BCUT2D eigenvalue weighted by Crippen LogP contribution is 2.35. The van der Waals surface area contributed by atoms with Gasteiger partial charge in [0.25, 0.3) is 0 Å². The van der Waals surface area contributed by atoms with Gasteiger partial charge in [-0.05, 0) is 73.1 Å². The van der Waals surface area contributed by atoms with Crippen LogP contribution in [-0.4, -0.2) is 80.3 Å². The van der Waals surface area contributed by atoms with Crippen LogP contribution in [0.4, 0.5) is 9.18 Å². The van der Waals surface area contributed by atoms with Gasteiger partial charge in [-0.25, -0.2) is 22.6 Å². The molecule has 1 aliphatic heterocycles. The maximum atomic E-state index is 15.5. The third-order valence-electron chi connectivity index (χ3n) is 8.86. The highest BCUT2D eigenvalue weighted by Gasteiger charge is 2.45. The second-order valence-corrected chi connectivity index (χ2v) is 14.6. The summed E-state index contributed by atoms with van der Waals surface area (Å²) in [6.07, 6.45) is 2.50. The number of hydrogen-bond acceptors (Lipinski definition) is 8. The molecule has 5 rings (SSSR count). The number of ketones is 1. The van der Waals surface area contributed by atoms with Crippen LogP contribution in [0.25, 0.3) is 0 Å². The van der Waals surface area contributed by atoms with E-state index in [1.54, 1.807) is 59.0 Å². The van der Waals surface area contributed by atoms with Gasteiger partial charge in [0.05, 0.1) is 19.5 Å². The van der Waals surface area contributed by atoms with Crippen molar-refractivity contribution in [3.63, 3.8) is 0 Å². The van der Waals surface area contributed by atoms with Crippen molar-refractivity contribution >= 4 is 33.5 Å². The average Bonchev–Trinajstić information content (AvgIpc) is 3.92. The zero-order valence-corrected chi connectivity index (χ0v) is 28.2. The maximum Gasteiger partial charge on any atom is 0.407 e. The number of alkyl carbamates (subject to hydrolysis) is 1. The van der Waals surface area contributed by atoms with E-state index in [-0.39, 0.29) is 36.0 Å². The number of halogens is 2. The van der Waals surface area contributed by atoms with Gasteiger partial charge in [-0.15, -0.1) is 0 Å². The zero-order valence-electron chi connectivity index (χ0n) is 26.6. The number of hydrogen-bond donors (Lipinski definition) is 2. The van der Waals surface area contributed by atoms with Crippen molar-refractivity contribution in [3.05, 3.63) is 93.9 Å². The van der Waals surface area contributed by atoms with E-state index in [1.165, 1.54) is 20.3 Å². The van der Waals surface area contributed by atoms with E-state index in [0.717, 1.165) is 0 Å². The van der Waals surface area contributed by atoms with Crippen LogP contribution in [0.2, 0.25) is 5.02 Å². The van der Waals surface area contributed by atoms with Gasteiger partial charge in [-0.1, -0.05) is 41.9 Å². The van der Waals surface area contributed by atoms with Gasteiger partial charge in [0.2, 0.25) is 15.9 Å². The number of nitrogens with zero attached hydrogens (tertiary/aromatic N) is 2. The summed E-state index contributed by atoms with van der Waals surface area (Å²) in [7, 11) is -0.748. The molecule has 0 radical (unpaired) electrons. The number of pyridine rings is 1. The number of piperazine rings is 1. The Morgan fingerprint density at radius 2 is 1.81 bits per heavy atom. The number of Topliss-reactive ketones (excluding diaryl/α,β-unsaturated/α-hetero) is 1. The first kappa shape index (κ1) is 34.7. The molecule has 2 aromatic carbocycles. The Balaban J connectivity index is 1.45. The molecule has 0 spiro atoms. The fourth-order valence-electron chi connectivity index (χ4n) is 6.36. The van der Waals surface area contributed by atoms with Crippen molar-refractivity contribution in [2.24, 2.45) is 0 Å². The second kappa shape index (κ2) is 15.1. The van der Waals surface area contributed by atoms with Crippen molar-refractivity contribution in [1.82, 2.24) is 19.9 Å². The van der Waals surface area contributed by atoms with Crippen molar-refractivity contribution in [2.75, 3.05) is 27.3 Å². The number of carbonyl (C=O) groups excluding carboxylic acids is 2. The SMILES string of the molecule is COC(=O)N[C@H](C(=O)Cc1cccc(F)c1CC[C@H]1CNC[C@H](C)N1S(=O)(=O)C1CC1)[C@@H](c1ccc(Cl)cc1)c1ccc(OC)nc1. The summed E-state index contributed by atoms with van der Waals surface area (Å²) >= 11 is 6.18. The van der Waals surface area contributed by atoms with Crippen LogP contribution in [0.15, 0.2) is 60.8 Å². The highest BCUT2D eigenvalue weighted by molar-refractivity contribution is 7.90. The second-order valence-electron chi connectivity index (χ2n) is 12.1. The summed E-state index contributed by atoms with van der Waals surface area (Å²) in [5, 5.41) is 6.17. The minimum Gasteiger partial charge on any atom is -0.481 e. The van der Waals surface area contributed by atoms with E-state index in [4.69, 9.17) is 21.1 Å². The highest BCUT2D eigenvalue weighted by atomic mass is 35.5.